The van der Waals surface area contributed by atoms with Crippen LogP contribution in [0.3, 0.4) is 0 Å². The van der Waals surface area contributed by atoms with Crippen LogP contribution in [-0.4, -0.2) is 5.78 Å². The SMILES string of the molecule is Cc1ccc2oc(=O)cc(COc3ccc(/C=C/C(=O)c4ccccc4)cc3)c2c1. The zero-order valence-corrected chi connectivity index (χ0v) is 16.5. The lowest BCUT2D eigenvalue weighted by molar-refractivity contribution is 0.104. The average molecular weight is 396 g/mol. The van der Waals surface area contributed by atoms with Gasteiger partial charge in [-0.05, 0) is 42.8 Å². The third-order valence-electron chi connectivity index (χ3n) is 4.74. The molecular weight excluding hydrogens is 376 g/mol. The number of allylic oxidation sites excluding steroid dienone is 1. The van der Waals surface area contributed by atoms with E-state index in [0.29, 0.717) is 16.9 Å². The van der Waals surface area contributed by atoms with Crippen LogP contribution in [0.5, 0.6) is 5.75 Å². The molecule has 4 heteroatoms. The largest absolute Gasteiger partial charge is 0.489 e. The van der Waals surface area contributed by atoms with Gasteiger partial charge in [0.05, 0.1) is 0 Å². The molecule has 0 saturated heterocycles. The number of hydrogen-bond acceptors (Lipinski definition) is 4. The predicted octanol–water partition coefficient (Wildman–Crippen LogP) is 5.58. The number of hydrogen-bond donors (Lipinski definition) is 0. The Balaban J connectivity index is 1.45. The number of aryl methyl sites for hydroxylation is 1. The standard InChI is InChI=1S/C26H20O4/c1-18-7-14-25-23(15-18)21(16-26(28)30-25)17-29-22-11-8-19(9-12-22)10-13-24(27)20-5-3-2-4-6-20/h2-16H,17H2,1H3/b13-10+. The van der Waals surface area contributed by atoms with Gasteiger partial charge in [-0.25, -0.2) is 4.79 Å². The lowest BCUT2D eigenvalue weighted by Crippen LogP contribution is -2.04. The third kappa shape index (κ3) is 4.55. The highest BCUT2D eigenvalue weighted by molar-refractivity contribution is 6.06. The number of benzene rings is 3. The highest BCUT2D eigenvalue weighted by Gasteiger charge is 2.07. The lowest BCUT2D eigenvalue weighted by atomic mass is 10.1. The summed E-state index contributed by atoms with van der Waals surface area (Å²) in [4.78, 5) is 24.0. The van der Waals surface area contributed by atoms with Gasteiger partial charge in [-0.1, -0.05) is 60.2 Å². The molecule has 0 aliphatic rings. The zero-order valence-electron chi connectivity index (χ0n) is 16.5. The molecule has 1 heterocycles. The molecule has 4 aromatic rings. The summed E-state index contributed by atoms with van der Waals surface area (Å²) in [5.41, 5.74) is 3.57. The van der Waals surface area contributed by atoms with Crippen molar-refractivity contribution >= 4 is 22.8 Å². The molecule has 148 valence electrons. The van der Waals surface area contributed by atoms with Gasteiger partial charge in [0.2, 0.25) is 0 Å². The molecule has 0 N–H and O–H groups in total. The summed E-state index contributed by atoms with van der Waals surface area (Å²) in [6, 6.07) is 23.7. The van der Waals surface area contributed by atoms with Gasteiger partial charge in [0.25, 0.3) is 0 Å². The topological polar surface area (TPSA) is 56.5 Å². The summed E-state index contributed by atoms with van der Waals surface area (Å²) in [5, 5.41) is 0.869. The van der Waals surface area contributed by atoms with Crippen LogP contribution in [0, 0.1) is 6.92 Å². The molecule has 0 atom stereocenters. The summed E-state index contributed by atoms with van der Waals surface area (Å²) in [6.07, 6.45) is 3.33. The molecule has 0 spiro atoms. The Labute approximate surface area is 174 Å². The molecule has 4 rings (SSSR count). The summed E-state index contributed by atoms with van der Waals surface area (Å²) in [5.74, 6) is 0.636. The average Bonchev–Trinajstić information content (AvgIpc) is 2.77. The second-order valence-electron chi connectivity index (χ2n) is 7.01. The van der Waals surface area contributed by atoms with Crippen molar-refractivity contribution in [2.45, 2.75) is 13.5 Å². The first-order valence-corrected chi connectivity index (χ1v) is 9.62. The molecule has 30 heavy (non-hydrogen) atoms. The summed E-state index contributed by atoms with van der Waals surface area (Å²) >= 11 is 0. The highest BCUT2D eigenvalue weighted by Crippen LogP contribution is 2.21. The number of ether oxygens (including phenoxy) is 1. The maximum atomic E-state index is 12.2. The zero-order chi connectivity index (χ0) is 20.9. The van der Waals surface area contributed by atoms with E-state index in [9.17, 15) is 9.59 Å². The van der Waals surface area contributed by atoms with Crippen molar-refractivity contribution in [2.75, 3.05) is 0 Å². The fourth-order valence-electron chi connectivity index (χ4n) is 3.17. The van der Waals surface area contributed by atoms with Crippen LogP contribution in [-0.2, 0) is 6.61 Å². The Bertz CT molecular complexity index is 1270. The van der Waals surface area contributed by atoms with Crippen molar-refractivity contribution in [2.24, 2.45) is 0 Å². The van der Waals surface area contributed by atoms with Crippen LogP contribution in [0.4, 0.5) is 0 Å². The Kier molecular flexibility index (Phi) is 5.57. The molecule has 0 saturated carbocycles. The van der Waals surface area contributed by atoms with E-state index in [-0.39, 0.29) is 12.4 Å². The molecule has 0 aliphatic heterocycles. The van der Waals surface area contributed by atoms with Crippen molar-refractivity contribution in [1.29, 1.82) is 0 Å². The second kappa shape index (κ2) is 8.62. The predicted molar refractivity (Wildman–Crippen MR) is 118 cm³/mol. The number of carbonyl (C=O) groups is 1. The first-order valence-electron chi connectivity index (χ1n) is 9.62. The summed E-state index contributed by atoms with van der Waals surface area (Å²) in [6.45, 7) is 2.25. The number of fused-ring (bicyclic) bond motifs is 1. The fourth-order valence-corrected chi connectivity index (χ4v) is 3.17. The maximum absolute atomic E-state index is 12.2. The van der Waals surface area contributed by atoms with Crippen molar-refractivity contribution < 1.29 is 13.9 Å². The van der Waals surface area contributed by atoms with Crippen LogP contribution < -0.4 is 10.4 Å². The van der Waals surface area contributed by atoms with E-state index in [4.69, 9.17) is 9.15 Å². The van der Waals surface area contributed by atoms with E-state index in [1.165, 1.54) is 6.07 Å². The van der Waals surface area contributed by atoms with Crippen LogP contribution in [0.1, 0.15) is 27.0 Å². The molecular formula is C26H20O4. The Morgan fingerprint density at radius 1 is 0.967 bits per heavy atom. The molecule has 1 aromatic heterocycles. The van der Waals surface area contributed by atoms with Gasteiger partial charge >= 0.3 is 5.63 Å². The minimum atomic E-state index is -0.395. The quantitative estimate of drug-likeness (QED) is 0.243. The van der Waals surface area contributed by atoms with Crippen LogP contribution in [0.15, 0.2) is 94.2 Å². The van der Waals surface area contributed by atoms with Gasteiger partial charge in [0.1, 0.15) is 17.9 Å². The van der Waals surface area contributed by atoms with Gasteiger partial charge in [0, 0.05) is 22.6 Å². The molecule has 0 unspecified atom stereocenters. The van der Waals surface area contributed by atoms with E-state index in [0.717, 1.165) is 22.1 Å². The molecule has 3 aromatic carbocycles. The Morgan fingerprint density at radius 3 is 2.50 bits per heavy atom. The van der Waals surface area contributed by atoms with Gasteiger partial charge in [-0.2, -0.15) is 0 Å². The number of ketones is 1. The first kappa shape index (κ1) is 19.4. The van der Waals surface area contributed by atoms with E-state index >= 15 is 0 Å². The molecule has 0 radical (unpaired) electrons. The minimum absolute atomic E-state index is 0.0407. The van der Waals surface area contributed by atoms with Gasteiger partial charge in [-0.3, -0.25) is 4.79 Å². The smallest absolute Gasteiger partial charge is 0.336 e. The van der Waals surface area contributed by atoms with Crippen LogP contribution in [0.2, 0.25) is 0 Å². The fraction of sp³-hybridized carbons (Fsp3) is 0.0769. The van der Waals surface area contributed by atoms with Gasteiger partial charge in [-0.15, -0.1) is 0 Å². The molecule has 0 amide bonds. The summed E-state index contributed by atoms with van der Waals surface area (Å²) < 4.78 is 11.1. The van der Waals surface area contributed by atoms with E-state index < -0.39 is 5.63 Å². The van der Waals surface area contributed by atoms with Gasteiger partial charge < -0.3 is 9.15 Å². The van der Waals surface area contributed by atoms with Crippen LogP contribution >= 0.6 is 0 Å². The molecule has 4 nitrogen and oxygen atoms in total. The van der Waals surface area contributed by atoms with Crippen molar-refractivity contribution in [3.63, 3.8) is 0 Å². The monoisotopic (exact) mass is 396 g/mol. The van der Waals surface area contributed by atoms with Crippen LogP contribution in [0.25, 0.3) is 17.0 Å². The number of rotatable bonds is 6. The van der Waals surface area contributed by atoms with Crippen molar-refractivity contribution in [1.82, 2.24) is 0 Å². The van der Waals surface area contributed by atoms with E-state index in [1.54, 1.807) is 30.4 Å². The lowest BCUT2D eigenvalue weighted by Gasteiger charge is -2.09. The molecule has 0 bridgehead atoms. The van der Waals surface area contributed by atoms with E-state index in [1.807, 2.05) is 61.5 Å². The van der Waals surface area contributed by atoms with Crippen molar-refractivity contribution in [3.05, 3.63) is 118 Å². The molecule has 0 aliphatic carbocycles. The Morgan fingerprint density at radius 2 is 1.73 bits per heavy atom. The highest BCUT2D eigenvalue weighted by atomic mass is 16.5. The Hall–Kier alpha value is -3.92. The number of carbonyl (C=O) groups excluding carboxylic acids is 1. The second-order valence-corrected chi connectivity index (χ2v) is 7.01. The molecule has 0 fully saturated rings. The summed E-state index contributed by atoms with van der Waals surface area (Å²) in [7, 11) is 0. The maximum Gasteiger partial charge on any atom is 0.336 e. The third-order valence-corrected chi connectivity index (χ3v) is 4.74. The minimum Gasteiger partial charge on any atom is -0.489 e. The first-order chi connectivity index (χ1) is 14.6. The van der Waals surface area contributed by atoms with Crippen molar-refractivity contribution in [3.8, 4) is 5.75 Å². The van der Waals surface area contributed by atoms with E-state index in [2.05, 4.69) is 0 Å². The van der Waals surface area contributed by atoms with Gasteiger partial charge in [0.15, 0.2) is 5.78 Å². The normalized spacial score (nSPS) is 11.1.